The molecule has 4 amide bonds. The molecule has 0 saturated carbocycles. The van der Waals surface area contributed by atoms with Gasteiger partial charge in [-0.1, -0.05) is 24.3 Å². The lowest BCUT2D eigenvalue weighted by Gasteiger charge is -2.27. The molecule has 25 heavy (non-hydrogen) atoms. The van der Waals surface area contributed by atoms with Gasteiger partial charge in [0.25, 0.3) is 5.91 Å². The molecule has 7 nitrogen and oxygen atoms in total. The van der Waals surface area contributed by atoms with Crippen molar-refractivity contribution in [2.45, 2.75) is 31.2 Å². The third kappa shape index (κ3) is 3.24. The largest absolute Gasteiger partial charge is 0.383 e. The SMILES string of the molecule is COCCNC(=O)CN1C(=O)NC2(CCCCc3ccccc32)C1=O. The third-order valence-electron chi connectivity index (χ3n) is 4.83. The van der Waals surface area contributed by atoms with E-state index in [4.69, 9.17) is 4.74 Å². The molecule has 2 N–H and O–H groups in total. The van der Waals surface area contributed by atoms with E-state index in [1.807, 2.05) is 24.3 Å². The van der Waals surface area contributed by atoms with Crippen molar-refractivity contribution < 1.29 is 19.1 Å². The van der Waals surface area contributed by atoms with E-state index in [1.165, 1.54) is 7.11 Å². The van der Waals surface area contributed by atoms with Crippen molar-refractivity contribution >= 4 is 17.8 Å². The van der Waals surface area contributed by atoms with Gasteiger partial charge in [-0.15, -0.1) is 0 Å². The summed E-state index contributed by atoms with van der Waals surface area (Å²) >= 11 is 0. The number of imide groups is 1. The molecule has 1 atom stereocenters. The molecule has 2 aliphatic rings. The molecule has 1 aliphatic heterocycles. The summed E-state index contributed by atoms with van der Waals surface area (Å²) in [5.41, 5.74) is 0.893. The van der Waals surface area contributed by atoms with Crippen LogP contribution in [0.15, 0.2) is 24.3 Å². The average Bonchev–Trinajstić information content (AvgIpc) is 2.75. The van der Waals surface area contributed by atoms with Crippen molar-refractivity contribution in [1.82, 2.24) is 15.5 Å². The minimum atomic E-state index is -1.04. The van der Waals surface area contributed by atoms with Crippen molar-refractivity contribution in [3.8, 4) is 0 Å². The summed E-state index contributed by atoms with van der Waals surface area (Å²) in [6, 6.07) is 7.22. The molecule has 1 aromatic carbocycles. The predicted molar refractivity (Wildman–Crippen MR) is 90.8 cm³/mol. The van der Waals surface area contributed by atoms with Crippen LogP contribution in [-0.4, -0.2) is 49.6 Å². The number of nitrogens with zero attached hydrogens (tertiary/aromatic N) is 1. The first kappa shape index (κ1) is 17.4. The standard InChI is InChI=1S/C18H23N3O4/c1-25-11-10-19-15(22)12-21-16(23)18(20-17(21)24)9-5-4-7-13-6-2-3-8-14(13)18/h2-3,6,8H,4-5,7,9-12H2,1H3,(H,19,22)(H,20,24). The summed E-state index contributed by atoms with van der Waals surface area (Å²) in [7, 11) is 1.54. The highest BCUT2D eigenvalue weighted by Gasteiger charge is 2.53. The van der Waals surface area contributed by atoms with Gasteiger partial charge < -0.3 is 15.4 Å². The minimum Gasteiger partial charge on any atom is -0.383 e. The fourth-order valence-electron chi connectivity index (χ4n) is 3.61. The topological polar surface area (TPSA) is 87.7 Å². The Morgan fingerprint density at radius 2 is 2.12 bits per heavy atom. The molecule has 1 saturated heterocycles. The molecule has 1 aliphatic carbocycles. The fourth-order valence-corrected chi connectivity index (χ4v) is 3.61. The van der Waals surface area contributed by atoms with Gasteiger partial charge >= 0.3 is 6.03 Å². The van der Waals surface area contributed by atoms with Gasteiger partial charge in [-0.2, -0.15) is 0 Å². The molecular formula is C18H23N3O4. The second-order valence-electron chi connectivity index (χ2n) is 6.43. The summed E-state index contributed by atoms with van der Waals surface area (Å²) in [4.78, 5) is 38.6. The average molecular weight is 345 g/mol. The zero-order valence-corrected chi connectivity index (χ0v) is 14.3. The van der Waals surface area contributed by atoms with E-state index in [1.54, 1.807) is 0 Å². The van der Waals surface area contributed by atoms with Gasteiger partial charge in [-0.05, 0) is 36.8 Å². The number of ether oxygens (including phenoxy) is 1. The molecule has 1 heterocycles. The lowest BCUT2D eigenvalue weighted by atomic mass is 9.84. The Kier molecular flexibility index (Phi) is 5.03. The van der Waals surface area contributed by atoms with Crippen molar-refractivity contribution in [3.63, 3.8) is 0 Å². The smallest absolute Gasteiger partial charge is 0.325 e. The van der Waals surface area contributed by atoms with Gasteiger partial charge in [-0.25, -0.2) is 4.79 Å². The molecule has 1 spiro atoms. The van der Waals surface area contributed by atoms with Crippen LogP contribution in [0.2, 0.25) is 0 Å². The van der Waals surface area contributed by atoms with Gasteiger partial charge in [0.15, 0.2) is 0 Å². The van der Waals surface area contributed by atoms with Crippen LogP contribution >= 0.6 is 0 Å². The fraction of sp³-hybridized carbons (Fsp3) is 0.500. The molecule has 0 bridgehead atoms. The molecular weight excluding hydrogens is 322 g/mol. The maximum absolute atomic E-state index is 13.1. The Morgan fingerprint density at radius 1 is 1.32 bits per heavy atom. The van der Waals surface area contributed by atoms with Crippen LogP contribution < -0.4 is 10.6 Å². The van der Waals surface area contributed by atoms with E-state index >= 15 is 0 Å². The lowest BCUT2D eigenvalue weighted by Crippen LogP contribution is -2.45. The Labute approximate surface area is 146 Å². The highest BCUT2D eigenvalue weighted by Crippen LogP contribution is 2.38. The molecule has 7 heteroatoms. The van der Waals surface area contributed by atoms with Crippen LogP contribution in [0.3, 0.4) is 0 Å². The molecule has 0 radical (unpaired) electrons. The number of aryl methyl sites for hydroxylation is 1. The quantitative estimate of drug-likeness (QED) is 0.614. The van der Waals surface area contributed by atoms with Crippen LogP contribution in [0.1, 0.15) is 30.4 Å². The normalized spacial score (nSPS) is 22.5. The second-order valence-corrected chi connectivity index (χ2v) is 6.43. The van der Waals surface area contributed by atoms with Crippen LogP contribution in [0, 0.1) is 0 Å². The Bertz CT molecular complexity index is 691. The van der Waals surface area contributed by atoms with Crippen LogP contribution in [0.25, 0.3) is 0 Å². The maximum Gasteiger partial charge on any atom is 0.325 e. The van der Waals surface area contributed by atoms with Crippen LogP contribution in [0.4, 0.5) is 4.79 Å². The van der Waals surface area contributed by atoms with E-state index in [9.17, 15) is 14.4 Å². The van der Waals surface area contributed by atoms with Crippen LogP contribution in [0.5, 0.6) is 0 Å². The van der Waals surface area contributed by atoms with Gasteiger partial charge in [0.05, 0.1) is 6.61 Å². The van der Waals surface area contributed by atoms with E-state index in [0.29, 0.717) is 19.6 Å². The molecule has 0 aromatic heterocycles. The first-order chi connectivity index (χ1) is 12.1. The van der Waals surface area contributed by atoms with Crippen molar-refractivity contribution in [2.75, 3.05) is 26.8 Å². The Morgan fingerprint density at radius 3 is 2.92 bits per heavy atom. The number of rotatable bonds is 5. The van der Waals surface area contributed by atoms with Gasteiger partial charge in [0, 0.05) is 13.7 Å². The highest BCUT2D eigenvalue weighted by molar-refractivity contribution is 6.09. The van der Waals surface area contributed by atoms with Crippen LogP contribution in [-0.2, 0) is 26.3 Å². The summed E-state index contributed by atoms with van der Waals surface area (Å²) in [6.45, 7) is 0.439. The lowest BCUT2D eigenvalue weighted by molar-refractivity contribution is -0.135. The number of urea groups is 1. The van der Waals surface area contributed by atoms with E-state index in [-0.39, 0.29) is 18.4 Å². The molecule has 3 rings (SSSR count). The number of fused-ring (bicyclic) bond motifs is 2. The summed E-state index contributed by atoms with van der Waals surface area (Å²) < 4.78 is 4.87. The predicted octanol–water partition coefficient (Wildman–Crippen LogP) is 0.923. The highest BCUT2D eigenvalue weighted by atomic mass is 16.5. The second kappa shape index (κ2) is 7.23. The monoisotopic (exact) mass is 345 g/mol. The number of nitrogens with one attached hydrogen (secondary N) is 2. The number of carbonyl (C=O) groups is 3. The Balaban J connectivity index is 1.82. The summed E-state index contributed by atoms with van der Waals surface area (Å²) in [5.74, 6) is -0.715. The minimum absolute atomic E-state index is 0.279. The number of methoxy groups -OCH3 is 1. The molecule has 1 aromatic rings. The third-order valence-corrected chi connectivity index (χ3v) is 4.83. The molecule has 134 valence electrons. The zero-order chi connectivity index (χ0) is 17.9. The molecule has 1 unspecified atom stereocenters. The van der Waals surface area contributed by atoms with E-state index in [2.05, 4.69) is 10.6 Å². The maximum atomic E-state index is 13.1. The number of hydrogen-bond acceptors (Lipinski definition) is 4. The first-order valence-electron chi connectivity index (χ1n) is 8.56. The number of benzene rings is 1. The van der Waals surface area contributed by atoms with Crippen molar-refractivity contribution in [3.05, 3.63) is 35.4 Å². The van der Waals surface area contributed by atoms with Crippen molar-refractivity contribution in [1.29, 1.82) is 0 Å². The summed E-state index contributed by atoms with van der Waals surface area (Å²) in [5, 5.41) is 5.51. The molecule has 1 fully saturated rings. The van der Waals surface area contributed by atoms with E-state index in [0.717, 1.165) is 35.3 Å². The zero-order valence-electron chi connectivity index (χ0n) is 14.3. The van der Waals surface area contributed by atoms with Gasteiger partial charge in [0.2, 0.25) is 5.91 Å². The van der Waals surface area contributed by atoms with Gasteiger partial charge in [-0.3, -0.25) is 14.5 Å². The first-order valence-corrected chi connectivity index (χ1v) is 8.56. The van der Waals surface area contributed by atoms with E-state index < -0.39 is 11.6 Å². The summed E-state index contributed by atoms with van der Waals surface area (Å²) in [6.07, 6.45) is 3.25. The number of carbonyl (C=O) groups excluding carboxylic acids is 3. The Hall–Kier alpha value is -2.41. The van der Waals surface area contributed by atoms with Crippen molar-refractivity contribution in [2.24, 2.45) is 0 Å². The van der Waals surface area contributed by atoms with Gasteiger partial charge in [0.1, 0.15) is 12.1 Å². The number of amides is 4. The number of hydrogen-bond donors (Lipinski definition) is 2.